The second-order valence-electron chi connectivity index (χ2n) is 4.68. The molecule has 2 amide bonds. The van der Waals surface area contributed by atoms with Gasteiger partial charge in [0.25, 0.3) is 0 Å². The molecule has 6 nitrogen and oxygen atoms in total. The van der Waals surface area contributed by atoms with Crippen LogP contribution < -0.4 is 15.4 Å². The van der Waals surface area contributed by atoms with Crippen molar-refractivity contribution in [2.24, 2.45) is 0 Å². The van der Waals surface area contributed by atoms with Gasteiger partial charge in [-0.2, -0.15) is 0 Å². The van der Waals surface area contributed by atoms with Crippen LogP contribution in [0.15, 0.2) is 53.2 Å². The van der Waals surface area contributed by atoms with Crippen LogP contribution in [0.2, 0.25) is 0 Å². The molecule has 1 heterocycles. The van der Waals surface area contributed by atoms with E-state index in [1.54, 1.807) is 37.5 Å². The third-order valence-corrected chi connectivity index (χ3v) is 3.01. The molecule has 2 rings (SSSR count). The maximum atomic E-state index is 11.7. The van der Waals surface area contributed by atoms with Gasteiger partial charge in [-0.25, -0.2) is 0 Å². The first-order valence-corrected chi connectivity index (χ1v) is 7.06. The van der Waals surface area contributed by atoms with E-state index in [4.69, 9.17) is 9.15 Å². The van der Waals surface area contributed by atoms with Crippen LogP contribution in [-0.2, 0) is 16.1 Å². The molecule has 0 aliphatic carbocycles. The maximum absolute atomic E-state index is 11.7. The van der Waals surface area contributed by atoms with Crippen molar-refractivity contribution in [3.8, 4) is 5.75 Å². The molecule has 0 spiro atoms. The first-order chi connectivity index (χ1) is 11.2. The minimum absolute atomic E-state index is 0.0908. The monoisotopic (exact) mass is 314 g/mol. The molecule has 0 unspecified atom stereocenters. The predicted octanol–water partition coefficient (Wildman–Crippen LogP) is 1.73. The number of hydrogen-bond donors (Lipinski definition) is 2. The van der Waals surface area contributed by atoms with E-state index < -0.39 is 0 Å². The summed E-state index contributed by atoms with van der Waals surface area (Å²) in [4.78, 5) is 23.2. The van der Waals surface area contributed by atoms with Crippen LogP contribution in [0.5, 0.6) is 5.75 Å². The highest BCUT2D eigenvalue weighted by Gasteiger charge is 2.04. The van der Waals surface area contributed by atoms with Gasteiger partial charge in [0.15, 0.2) is 0 Å². The number of benzene rings is 1. The summed E-state index contributed by atoms with van der Waals surface area (Å²) in [5, 5.41) is 5.15. The smallest absolute Gasteiger partial charge is 0.244 e. The van der Waals surface area contributed by atoms with Gasteiger partial charge in [-0.3, -0.25) is 9.59 Å². The van der Waals surface area contributed by atoms with Gasteiger partial charge < -0.3 is 19.8 Å². The molecule has 0 fully saturated rings. The number of hydrogen-bond acceptors (Lipinski definition) is 4. The molecule has 0 radical (unpaired) electrons. The number of amides is 2. The highest BCUT2D eigenvalue weighted by Crippen LogP contribution is 2.12. The molecule has 0 saturated carbocycles. The fraction of sp³-hybridized carbons (Fsp3) is 0.176. The Balaban J connectivity index is 1.71. The van der Waals surface area contributed by atoms with E-state index >= 15 is 0 Å². The van der Waals surface area contributed by atoms with Crippen LogP contribution in [0.4, 0.5) is 0 Å². The average Bonchev–Trinajstić information content (AvgIpc) is 3.10. The molecular formula is C17H18N2O4. The van der Waals surface area contributed by atoms with Crippen molar-refractivity contribution in [2.75, 3.05) is 13.7 Å². The van der Waals surface area contributed by atoms with Crippen molar-refractivity contribution < 1.29 is 18.7 Å². The summed E-state index contributed by atoms with van der Waals surface area (Å²) in [5.74, 6) is 0.783. The van der Waals surface area contributed by atoms with Crippen molar-refractivity contribution in [1.29, 1.82) is 0 Å². The molecular weight excluding hydrogens is 296 g/mol. The number of carbonyl (C=O) groups is 2. The first-order valence-electron chi connectivity index (χ1n) is 7.06. The largest absolute Gasteiger partial charge is 0.497 e. The minimum Gasteiger partial charge on any atom is -0.497 e. The van der Waals surface area contributed by atoms with Crippen molar-refractivity contribution in [1.82, 2.24) is 10.6 Å². The summed E-state index contributed by atoms with van der Waals surface area (Å²) < 4.78 is 10.1. The van der Waals surface area contributed by atoms with Gasteiger partial charge in [-0.1, -0.05) is 12.1 Å². The van der Waals surface area contributed by atoms with Crippen LogP contribution in [-0.4, -0.2) is 25.5 Å². The van der Waals surface area contributed by atoms with E-state index in [-0.39, 0.29) is 18.4 Å². The Kier molecular flexibility index (Phi) is 5.99. The van der Waals surface area contributed by atoms with Gasteiger partial charge in [0.05, 0.1) is 26.5 Å². The molecule has 0 aliphatic rings. The number of methoxy groups -OCH3 is 1. The van der Waals surface area contributed by atoms with Gasteiger partial charge in [-0.15, -0.1) is 0 Å². The molecule has 6 heteroatoms. The minimum atomic E-state index is -0.339. The lowest BCUT2D eigenvalue weighted by Gasteiger charge is -2.04. The third-order valence-electron chi connectivity index (χ3n) is 3.01. The highest BCUT2D eigenvalue weighted by molar-refractivity contribution is 5.94. The van der Waals surface area contributed by atoms with Gasteiger partial charge in [0.2, 0.25) is 11.8 Å². The first kappa shape index (κ1) is 16.4. The quantitative estimate of drug-likeness (QED) is 0.763. The zero-order valence-electron chi connectivity index (χ0n) is 12.7. The Bertz CT molecular complexity index is 660. The Hall–Kier alpha value is -3.02. The van der Waals surface area contributed by atoms with Crippen molar-refractivity contribution in [2.45, 2.75) is 6.54 Å². The fourth-order valence-corrected chi connectivity index (χ4v) is 1.77. The van der Waals surface area contributed by atoms with E-state index in [9.17, 15) is 9.59 Å². The zero-order valence-corrected chi connectivity index (χ0v) is 12.7. The molecule has 0 saturated heterocycles. The van der Waals surface area contributed by atoms with Gasteiger partial charge >= 0.3 is 0 Å². The third kappa shape index (κ3) is 5.70. The van der Waals surface area contributed by atoms with E-state index in [1.807, 2.05) is 12.1 Å². The number of ether oxygens (including phenoxy) is 1. The summed E-state index contributed by atoms with van der Waals surface area (Å²) in [6.45, 7) is 0.204. The van der Waals surface area contributed by atoms with E-state index in [2.05, 4.69) is 10.6 Å². The lowest BCUT2D eigenvalue weighted by molar-refractivity contribution is -0.124. The molecule has 0 atom stereocenters. The van der Waals surface area contributed by atoms with Crippen molar-refractivity contribution in [3.63, 3.8) is 0 Å². The lowest BCUT2D eigenvalue weighted by Crippen LogP contribution is -2.35. The molecule has 120 valence electrons. The SMILES string of the molecule is COc1ccc(/C=C/C(=O)NCC(=O)NCc2ccco2)cc1. The topological polar surface area (TPSA) is 80.6 Å². The Morgan fingerprint density at radius 2 is 1.96 bits per heavy atom. The van der Waals surface area contributed by atoms with E-state index in [0.717, 1.165) is 11.3 Å². The van der Waals surface area contributed by atoms with Crippen LogP contribution >= 0.6 is 0 Å². The number of rotatable bonds is 7. The summed E-state index contributed by atoms with van der Waals surface area (Å²) in [6, 6.07) is 10.8. The van der Waals surface area contributed by atoms with E-state index in [1.165, 1.54) is 12.3 Å². The normalized spacial score (nSPS) is 10.5. The van der Waals surface area contributed by atoms with E-state index in [0.29, 0.717) is 12.3 Å². The second-order valence-corrected chi connectivity index (χ2v) is 4.68. The summed E-state index contributed by atoms with van der Waals surface area (Å²) in [5.41, 5.74) is 0.864. The standard InChI is InChI=1S/C17H18N2O4/c1-22-14-7-4-13(5-8-14)6-9-16(20)19-12-17(21)18-11-15-3-2-10-23-15/h2-10H,11-12H2,1H3,(H,18,21)(H,19,20)/b9-6+. The molecule has 1 aromatic heterocycles. The number of carbonyl (C=O) groups excluding carboxylic acids is 2. The lowest BCUT2D eigenvalue weighted by atomic mass is 10.2. The Morgan fingerprint density at radius 3 is 2.61 bits per heavy atom. The molecule has 1 aromatic carbocycles. The summed E-state index contributed by atoms with van der Waals surface area (Å²) in [7, 11) is 1.59. The summed E-state index contributed by atoms with van der Waals surface area (Å²) in [6.07, 6.45) is 4.57. The molecule has 2 N–H and O–H groups in total. The average molecular weight is 314 g/mol. The number of furan rings is 1. The van der Waals surface area contributed by atoms with Gasteiger partial charge in [0, 0.05) is 6.08 Å². The summed E-state index contributed by atoms with van der Waals surface area (Å²) >= 11 is 0. The predicted molar refractivity (Wildman–Crippen MR) is 85.6 cm³/mol. The molecule has 23 heavy (non-hydrogen) atoms. The fourth-order valence-electron chi connectivity index (χ4n) is 1.77. The van der Waals surface area contributed by atoms with Gasteiger partial charge in [-0.05, 0) is 35.9 Å². The molecule has 2 aromatic rings. The molecule has 0 aliphatic heterocycles. The van der Waals surface area contributed by atoms with Gasteiger partial charge in [0.1, 0.15) is 11.5 Å². The molecule has 0 bridgehead atoms. The second kappa shape index (κ2) is 8.43. The van der Waals surface area contributed by atoms with Crippen molar-refractivity contribution in [3.05, 3.63) is 60.1 Å². The van der Waals surface area contributed by atoms with Crippen LogP contribution in [0.3, 0.4) is 0 Å². The Labute approximate surface area is 134 Å². The highest BCUT2D eigenvalue weighted by atomic mass is 16.5. The maximum Gasteiger partial charge on any atom is 0.244 e. The zero-order chi connectivity index (χ0) is 16.5. The van der Waals surface area contributed by atoms with Crippen LogP contribution in [0.1, 0.15) is 11.3 Å². The van der Waals surface area contributed by atoms with Crippen molar-refractivity contribution >= 4 is 17.9 Å². The van der Waals surface area contributed by atoms with Crippen LogP contribution in [0, 0.1) is 0 Å². The Morgan fingerprint density at radius 1 is 1.17 bits per heavy atom. The van der Waals surface area contributed by atoms with Crippen LogP contribution in [0.25, 0.3) is 6.08 Å². The number of nitrogens with one attached hydrogen (secondary N) is 2.